The fourth-order valence-corrected chi connectivity index (χ4v) is 5.22. The Labute approximate surface area is 207 Å². The molecule has 0 aromatic carbocycles. The van der Waals surface area contributed by atoms with E-state index >= 15 is 0 Å². The topological polar surface area (TPSA) is 58.1 Å². The molecule has 4 rings (SSSR count). The quantitative estimate of drug-likeness (QED) is 0.638. The molecule has 9 nitrogen and oxygen atoms in total. The Kier molecular flexibility index (Phi) is 7.84. The standard InChI is InChI=1S/C25H47N9/c1-20(2)29-8-12-31(13-9-29)22-26-23(32-14-10-30(11-15-32)21(3)4)28-24(27-22)33-16-18-34(19-17-33)25(5,6)7/h20-21H,8-19H2,1-7H3. The van der Waals surface area contributed by atoms with Crippen molar-refractivity contribution in [2.24, 2.45) is 0 Å². The summed E-state index contributed by atoms with van der Waals surface area (Å²) in [5.74, 6) is 2.56. The number of anilines is 3. The van der Waals surface area contributed by atoms with E-state index in [4.69, 9.17) is 15.0 Å². The Morgan fingerprint density at radius 2 is 0.794 bits per heavy atom. The maximum Gasteiger partial charge on any atom is 0.232 e. The van der Waals surface area contributed by atoms with Gasteiger partial charge in [0, 0.05) is 96.2 Å². The second-order valence-corrected chi connectivity index (χ2v) is 11.6. The smallest absolute Gasteiger partial charge is 0.232 e. The van der Waals surface area contributed by atoms with Crippen LogP contribution in [0, 0.1) is 0 Å². The molecule has 192 valence electrons. The average molecular weight is 474 g/mol. The lowest BCUT2D eigenvalue weighted by Crippen LogP contribution is -2.54. The van der Waals surface area contributed by atoms with Crippen LogP contribution in [0.25, 0.3) is 0 Å². The summed E-state index contributed by atoms with van der Waals surface area (Å²) in [5, 5.41) is 0. The van der Waals surface area contributed by atoms with Gasteiger partial charge in [0.25, 0.3) is 0 Å². The van der Waals surface area contributed by atoms with Gasteiger partial charge in [0.1, 0.15) is 0 Å². The number of rotatable bonds is 5. The average Bonchev–Trinajstić information content (AvgIpc) is 2.83. The molecule has 4 heterocycles. The molecule has 0 aliphatic carbocycles. The molecular formula is C25H47N9. The number of aromatic nitrogens is 3. The fraction of sp³-hybridized carbons (Fsp3) is 0.880. The van der Waals surface area contributed by atoms with Gasteiger partial charge in [-0.2, -0.15) is 15.0 Å². The highest BCUT2D eigenvalue weighted by Gasteiger charge is 2.30. The van der Waals surface area contributed by atoms with Crippen LogP contribution in [0.4, 0.5) is 17.8 Å². The third-order valence-electron chi connectivity index (χ3n) is 7.77. The summed E-state index contributed by atoms with van der Waals surface area (Å²) in [6.45, 7) is 28.2. The van der Waals surface area contributed by atoms with Gasteiger partial charge in [-0.1, -0.05) is 0 Å². The van der Waals surface area contributed by atoms with Crippen molar-refractivity contribution in [3.8, 4) is 0 Å². The van der Waals surface area contributed by atoms with E-state index in [0.717, 1.165) is 96.4 Å². The van der Waals surface area contributed by atoms with Crippen molar-refractivity contribution in [1.29, 1.82) is 0 Å². The molecule has 0 unspecified atom stereocenters. The molecule has 0 N–H and O–H groups in total. The minimum atomic E-state index is 0.202. The summed E-state index contributed by atoms with van der Waals surface area (Å²) < 4.78 is 0. The first-order valence-electron chi connectivity index (χ1n) is 13.4. The fourth-order valence-electron chi connectivity index (χ4n) is 5.22. The molecule has 0 saturated carbocycles. The van der Waals surface area contributed by atoms with E-state index in [1.807, 2.05) is 0 Å². The molecule has 0 bridgehead atoms. The Morgan fingerprint density at radius 1 is 0.500 bits per heavy atom. The number of nitrogens with zero attached hydrogens (tertiary/aromatic N) is 9. The summed E-state index contributed by atoms with van der Waals surface area (Å²) in [6.07, 6.45) is 0. The van der Waals surface area contributed by atoms with E-state index in [2.05, 4.69) is 77.9 Å². The lowest BCUT2D eigenvalue weighted by Gasteiger charge is -2.42. The van der Waals surface area contributed by atoms with Crippen LogP contribution in [0.3, 0.4) is 0 Å². The Balaban J connectivity index is 1.53. The lowest BCUT2D eigenvalue weighted by molar-refractivity contribution is 0.128. The summed E-state index contributed by atoms with van der Waals surface area (Å²) in [5.41, 5.74) is 0.202. The van der Waals surface area contributed by atoms with E-state index in [9.17, 15) is 0 Å². The molecule has 0 atom stereocenters. The maximum atomic E-state index is 5.03. The molecule has 3 fully saturated rings. The van der Waals surface area contributed by atoms with Gasteiger partial charge in [-0.25, -0.2) is 0 Å². The molecule has 1 aromatic heterocycles. The molecule has 0 spiro atoms. The van der Waals surface area contributed by atoms with Crippen molar-refractivity contribution in [1.82, 2.24) is 29.7 Å². The summed E-state index contributed by atoms with van der Waals surface area (Å²) in [4.78, 5) is 29.8. The normalized spacial score (nSPS) is 22.3. The second-order valence-electron chi connectivity index (χ2n) is 11.6. The molecule has 3 aliphatic rings. The van der Waals surface area contributed by atoms with E-state index in [0.29, 0.717) is 12.1 Å². The minimum Gasteiger partial charge on any atom is -0.338 e. The molecule has 34 heavy (non-hydrogen) atoms. The van der Waals surface area contributed by atoms with Crippen molar-refractivity contribution in [2.75, 3.05) is 93.2 Å². The monoisotopic (exact) mass is 473 g/mol. The first-order chi connectivity index (χ1) is 16.1. The molecule has 0 radical (unpaired) electrons. The Bertz CT molecular complexity index is 736. The van der Waals surface area contributed by atoms with Gasteiger partial charge >= 0.3 is 0 Å². The van der Waals surface area contributed by atoms with Gasteiger partial charge in [-0.3, -0.25) is 14.7 Å². The van der Waals surface area contributed by atoms with Crippen LogP contribution < -0.4 is 14.7 Å². The Hall–Kier alpha value is -1.71. The van der Waals surface area contributed by atoms with Gasteiger partial charge in [0.05, 0.1) is 0 Å². The number of hydrogen-bond acceptors (Lipinski definition) is 9. The van der Waals surface area contributed by atoms with Crippen LogP contribution in [0.1, 0.15) is 48.5 Å². The van der Waals surface area contributed by atoms with Crippen LogP contribution >= 0.6 is 0 Å². The van der Waals surface area contributed by atoms with Crippen LogP contribution in [-0.2, 0) is 0 Å². The summed E-state index contributed by atoms with van der Waals surface area (Å²) >= 11 is 0. The van der Waals surface area contributed by atoms with Crippen molar-refractivity contribution in [3.63, 3.8) is 0 Å². The van der Waals surface area contributed by atoms with Gasteiger partial charge in [-0.05, 0) is 48.5 Å². The van der Waals surface area contributed by atoms with Gasteiger partial charge in [-0.15, -0.1) is 0 Å². The SMILES string of the molecule is CC(C)N1CCN(c2nc(N3CCN(C(C)C)CC3)nc(N3CCN(C(C)(C)C)CC3)n2)CC1. The second kappa shape index (κ2) is 10.5. The first-order valence-corrected chi connectivity index (χ1v) is 13.4. The van der Waals surface area contributed by atoms with Crippen LogP contribution in [0.5, 0.6) is 0 Å². The lowest BCUT2D eigenvalue weighted by atomic mass is 10.1. The van der Waals surface area contributed by atoms with Crippen molar-refractivity contribution >= 4 is 17.8 Å². The Morgan fingerprint density at radius 3 is 1.06 bits per heavy atom. The predicted octanol–water partition coefficient (Wildman–Crippen LogP) is 1.85. The maximum absolute atomic E-state index is 5.03. The number of piperazine rings is 3. The van der Waals surface area contributed by atoms with Crippen LogP contribution in [0.2, 0.25) is 0 Å². The molecule has 3 aliphatic heterocycles. The number of hydrogen-bond donors (Lipinski definition) is 0. The van der Waals surface area contributed by atoms with E-state index in [-0.39, 0.29) is 5.54 Å². The minimum absolute atomic E-state index is 0.202. The highest BCUT2D eigenvalue weighted by atomic mass is 15.4. The highest BCUT2D eigenvalue weighted by Crippen LogP contribution is 2.24. The third-order valence-corrected chi connectivity index (χ3v) is 7.77. The van der Waals surface area contributed by atoms with E-state index < -0.39 is 0 Å². The van der Waals surface area contributed by atoms with Crippen LogP contribution in [0.15, 0.2) is 0 Å². The highest BCUT2D eigenvalue weighted by molar-refractivity contribution is 5.47. The van der Waals surface area contributed by atoms with Crippen LogP contribution in [-0.4, -0.2) is 126 Å². The van der Waals surface area contributed by atoms with E-state index in [1.54, 1.807) is 0 Å². The molecular weight excluding hydrogens is 426 g/mol. The van der Waals surface area contributed by atoms with Crippen molar-refractivity contribution < 1.29 is 0 Å². The van der Waals surface area contributed by atoms with Gasteiger partial charge in [0.2, 0.25) is 17.8 Å². The zero-order valence-corrected chi connectivity index (χ0v) is 22.7. The molecule has 1 aromatic rings. The largest absolute Gasteiger partial charge is 0.338 e. The molecule has 0 amide bonds. The predicted molar refractivity (Wildman–Crippen MR) is 141 cm³/mol. The van der Waals surface area contributed by atoms with Gasteiger partial charge < -0.3 is 14.7 Å². The zero-order chi connectivity index (χ0) is 24.5. The van der Waals surface area contributed by atoms with Crippen molar-refractivity contribution in [3.05, 3.63) is 0 Å². The summed E-state index contributed by atoms with van der Waals surface area (Å²) in [6, 6.07) is 1.17. The van der Waals surface area contributed by atoms with Gasteiger partial charge in [0.15, 0.2) is 0 Å². The zero-order valence-electron chi connectivity index (χ0n) is 22.7. The van der Waals surface area contributed by atoms with E-state index in [1.165, 1.54) is 0 Å². The third kappa shape index (κ3) is 5.91. The summed E-state index contributed by atoms with van der Waals surface area (Å²) in [7, 11) is 0. The molecule has 3 saturated heterocycles. The first kappa shape index (κ1) is 25.4. The van der Waals surface area contributed by atoms with Crippen molar-refractivity contribution in [2.45, 2.75) is 66.1 Å². The molecule has 9 heteroatoms.